The van der Waals surface area contributed by atoms with Crippen molar-refractivity contribution in [1.29, 1.82) is 0 Å². The third-order valence-corrected chi connectivity index (χ3v) is 3.95. The van der Waals surface area contributed by atoms with Gasteiger partial charge < -0.3 is 4.74 Å². The van der Waals surface area contributed by atoms with E-state index in [2.05, 4.69) is 25.8 Å². The number of halogens is 2. The topological polar surface area (TPSA) is 22.1 Å². The van der Waals surface area contributed by atoms with Crippen LogP contribution in [-0.4, -0.2) is 4.98 Å². The van der Waals surface area contributed by atoms with E-state index in [0.29, 0.717) is 5.88 Å². The second kappa shape index (κ2) is 6.10. The van der Waals surface area contributed by atoms with Gasteiger partial charge in [0.2, 0.25) is 0 Å². The van der Waals surface area contributed by atoms with Gasteiger partial charge in [0.25, 0.3) is 0 Å². The Kier molecular flexibility index (Phi) is 4.66. The van der Waals surface area contributed by atoms with E-state index in [4.69, 9.17) is 16.3 Å². The number of hydrogen-bond donors (Lipinski definition) is 0. The molecule has 0 spiro atoms. The van der Waals surface area contributed by atoms with E-state index >= 15 is 0 Å². The first kappa shape index (κ1) is 15.3. The zero-order valence-electron chi connectivity index (χ0n) is 11.7. The second-order valence-corrected chi connectivity index (χ2v) is 6.77. The SMILES string of the molecule is CC(C)(C)c1csc(COc2ccc(CCl)cc2F)n1. The smallest absolute Gasteiger partial charge is 0.165 e. The van der Waals surface area contributed by atoms with E-state index in [-0.39, 0.29) is 17.8 Å². The number of rotatable bonds is 4. The fourth-order valence-electron chi connectivity index (χ4n) is 1.61. The lowest BCUT2D eigenvalue weighted by Crippen LogP contribution is -2.11. The first-order chi connectivity index (χ1) is 9.40. The van der Waals surface area contributed by atoms with E-state index in [1.54, 1.807) is 12.1 Å². The number of hydrogen-bond acceptors (Lipinski definition) is 3. The Balaban J connectivity index is 2.04. The van der Waals surface area contributed by atoms with Crippen molar-refractivity contribution in [3.05, 3.63) is 45.7 Å². The van der Waals surface area contributed by atoms with Gasteiger partial charge in [0, 0.05) is 16.7 Å². The number of aromatic nitrogens is 1. The van der Waals surface area contributed by atoms with Crippen LogP contribution in [0.1, 0.15) is 37.0 Å². The van der Waals surface area contributed by atoms with Crippen molar-refractivity contribution in [2.45, 2.75) is 38.7 Å². The summed E-state index contributed by atoms with van der Waals surface area (Å²) >= 11 is 7.18. The van der Waals surface area contributed by atoms with Crippen LogP contribution in [0.25, 0.3) is 0 Å². The van der Waals surface area contributed by atoms with Gasteiger partial charge in [0.05, 0.1) is 5.69 Å². The molecule has 1 aromatic carbocycles. The Morgan fingerprint density at radius 1 is 1.35 bits per heavy atom. The van der Waals surface area contributed by atoms with Gasteiger partial charge in [-0.2, -0.15) is 0 Å². The van der Waals surface area contributed by atoms with Crippen LogP contribution < -0.4 is 4.74 Å². The maximum Gasteiger partial charge on any atom is 0.165 e. The molecule has 0 aliphatic heterocycles. The molecular weight excluding hydrogens is 297 g/mol. The average Bonchev–Trinajstić information content (AvgIpc) is 2.86. The summed E-state index contributed by atoms with van der Waals surface area (Å²) in [6, 6.07) is 4.75. The van der Waals surface area contributed by atoms with Gasteiger partial charge in [-0.3, -0.25) is 0 Å². The summed E-state index contributed by atoms with van der Waals surface area (Å²) in [5.41, 5.74) is 1.78. The number of nitrogens with zero attached hydrogens (tertiary/aromatic N) is 1. The number of thiazole rings is 1. The highest BCUT2D eigenvalue weighted by molar-refractivity contribution is 7.09. The zero-order chi connectivity index (χ0) is 14.8. The van der Waals surface area contributed by atoms with Gasteiger partial charge in [-0.15, -0.1) is 22.9 Å². The molecule has 0 aliphatic rings. The van der Waals surface area contributed by atoms with E-state index in [1.807, 2.05) is 5.38 Å². The summed E-state index contributed by atoms with van der Waals surface area (Å²) in [7, 11) is 0. The molecular formula is C15H17ClFNOS. The number of ether oxygens (including phenoxy) is 1. The normalized spacial score (nSPS) is 11.7. The van der Waals surface area contributed by atoms with Crippen molar-refractivity contribution in [1.82, 2.24) is 4.98 Å². The molecule has 2 rings (SSSR count). The molecule has 0 radical (unpaired) electrons. The lowest BCUT2D eigenvalue weighted by molar-refractivity contribution is 0.289. The molecule has 20 heavy (non-hydrogen) atoms. The van der Waals surface area contributed by atoms with Crippen molar-refractivity contribution in [2.75, 3.05) is 0 Å². The largest absolute Gasteiger partial charge is 0.483 e. The Bertz CT molecular complexity index is 592. The summed E-state index contributed by atoms with van der Waals surface area (Å²) < 4.78 is 19.2. The van der Waals surface area contributed by atoms with Crippen LogP contribution in [0.2, 0.25) is 0 Å². The summed E-state index contributed by atoms with van der Waals surface area (Å²) in [5.74, 6) is 0.126. The molecule has 0 N–H and O–H groups in total. The van der Waals surface area contributed by atoms with Crippen LogP contribution in [0.3, 0.4) is 0 Å². The third kappa shape index (κ3) is 3.70. The average molecular weight is 314 g/mol. The van der Waals surface area contributed by atoms with Crippen molar-refractivity contribution in [3.63, 3.8) is 0 Å². The second-order valence-electron chi connectivity index (χ2n) is 5.56. The monoisotopic (exact) mass is 313 g/mol. The maximum atomic E-state index is 13.7. The van der Waals surface area contributed by atoms with Crippen molar-refractivity contribution >= 4 is 22.9 Å². The van der Waals surface area contributed by atoms with Crippen LogP contribution in [0, 0.1) is 5.82 Å². The Morgan fingerprint density at radius 3 is 2.65 bits per heavy atom. The van der Waals surface area contributed by atoms with Crippen LogP contribution >= 0.6 is 22.9 Å². The molecule has 0 amide bonds. The number of alkyl halides is 1. The molecule has 108 valence electrons. The standard InChI is InChI=1S/C15H17ClFNOS/c1-15(2,3)13-9-20-14(18-13)8-19-12-5-4-10(7-16)6-11(12)17/h4-6,9H,7-8H2,1-3H3. The van der Waals surface area contributed by atoms with Gasteiger partial charge in [-0.05, 0) is 17.7 Å². The highest BCUT2D eigenvalue weighted by atomic mass is 35.5. The minimum Gasteiger partial charge on any atom is -0.483 e. The van der Waals surface area contributed by atoms with Gasteiger partial charge in [0.1, 0.15) is 11.6 Å². The molecule has 5 heteroatoms. The van der Waals surface area contributed by atoms with Crippen molar-refractivity contribution < 1.29 is 9.13 Å². The molecule has 0 saturated heterocycles. The number of benzene rings is 1. The van der Waals surface area contributed by atoms with Crippen molar-refractivity contribution in [2.24, 2.45) is 0 Å². The zero-order valence-corrected chi connectivity index (χ0v) is 13.3. The highest BCUT2D eigenvalue weighted by Crippen LogP contribution is 2.25. The van der Waals surface area contributed by atoms with Crippen LogP contribution in [0.15, 0.2) is 23.6 Å². The predicted molar refractivity (Wildman–Crippen MR) is 81.1 cm³/mol. The first-order valence-electron chi connectivity index (χ1n) is 6.32. The fourth-order valence-corrected chi connectivity index (χ4v) is 2.70. The van der Waals surface area contributed by atoms with E-state index in [0.717, 1.165) is 16.3 Å². The first-order valence-corrected chi connectivity index (χ1v) is 7.73. The molecule has 2 nitrogen and oxygen atoms in total. The summed E-state index contributed by atoms with van der Waals surface area (Å²) in [5, 5.41) is 2.86. The molecule has 1 heterocycles. The minimum absolute atomic E-state index is 0.0159. The quantitative estimate of drug-likeness (QED) is 0.749. The molecule has 0 aliphatic carbocycles. The molecule has 0 fully saturated rings. The minimum atomic E-state index is -0.393. The molecule has 1 aromatic heterocycles. The molecule has 0 bridgehead atoms. The van der Waals surface area contributed by atoms with E-state index < -0.39 is 5.82 Å². The maximum absolute atomic E-state index is 13.7. The lowest BCUT2D eigenvalue weighted by Gasteiger charge is -2.14. The van der Waals surface area contributed by atoms with Gasteiger partial charge in [0.15, 0.2) is 11.6 Å². The van der Waals surface area contributed by atoms with Crippen LogP contribution in [-0.2, 0) is 17.9 Å². The van der Waals surface area contributed by atoms with Crippen LogP contribution in [0.4, 0.5) is 4.39 Å². The van der Waals surface area contributed by atoms with E-state index in [1.165, 1.54) is 17.4 Å². The summed E-state index contributed by atoms with van der Waals surface area (Å²) in [4.78, 5) is 4.51. The summed E-state index contributed by atoms with van der Waals surface area (Å²) in [6.07, 6.45) is 0. The van der Waals surface area contributed by atoms with Gasteiger partial charge in [-0.25, -0.2) is 9.37 Å². The predicted octanol–water partition coefficient (Wildman–Crippen LogP) is 4.90. The Morgan fingerprint density at radius 2 is 2.10 bits per heavy atom. The molecule has 2 aromatic rings. The Labute approximate surface area is 127 Å². The molecule has 0 unspecified atom stereocenters. The lowest BCUT2D eigenvalue weighted by atomic mass is 9.93. The third-order valence-electron chi connectivity index (χ3n) is 2.82. The van der Waals surface area contributed by atoms with Crippen molar-refractivity contribution in [3.8, 4) is 5.75 Å². The van der Waals surface area contributed by atoms with Gasteiger partial charge in [-0.1, -0.05) is 26.8 Å². The molecule has 0 atom stereocenters. The van der Waals surface area contributed by atoms with Crippen LogP contribution in [0.5, 0.6) is 5.75 Å². The summed E-state index contributed by atoms with van der Waals surface area (Å²) in [6.45, 7) is 6.60. The fraction of sp³-hybridized carbons (Fsp3) is 0.400. The highest BCUT2D eigenvalue weighted by Gasteiger charge is 2.17. The van der Waals surface area contributed by atoms with E-state index in [9.17, 15) is 4.39 Å². The molecule has 0 saturated carbocycles. The Hall–Kier alpha value is -1.13. The van der Waals surface area contributed by atoms with Gasteiger partial charge >= 0.3 is 0 Å².